The molecule has 66 valence electrons. The van der Waals surface area contributed by atoms with Crippen LogP contribution in [0.25, 0.3) is 0 Å². The van der Waals surface area contributed by atoms with E-state index >= 15 is 0 Å². The highest BCUT2D eigenvalue weighted by atomic mass is 19.3. The third kappa shape index (κ3) is 2.38. The highest BCUT2D eigenvalue weighted by Gasteiger charge is 2.24. The number of phenolic OH excluding ortho intramolecular Hbond substituents is 1. The van der Waals surface area contributed by atoms with Gasteiger partial charge >= 0.3 is 6.11 Å². The van der Waals surface area contributed by atoms with Crippen molar-refractivity contribution >= 4 is 0 Å². The maximum absolute atomic E-state index is 12.3. The lowest BCUT2D eigenvalue weighted by atomic mass is 10.3. The lowest BCUT2D eigenvalue weighted by molar-refractivity contribution is -0.159. The Kier molecular flexibility index (Phi) is 2.17. The summed E-state index contributed by atoms with van der Waals surface area (Å²) in [5, 5.41) is 9.02. The normalized spacial score (nSPS) is 11.2. The molecule has 0 aliphatic heterocycles. The molecule has 0 amide bonds. The van der Waals surface area contributed by atoms with Crippen LogP contribution in [-0.4, -0.2) is 11.2 Å². The van der Waals surface area contributed by atoms with Crippen LogP contribution in [0.5, 0.6) is 11.5 Å². The van der Waals surface area contributed by atoms with Crippen LogP contribution in [0, 0.1) is 0 Å². The number of aromatic hydroxyl groups is 1. The molecule has 0 unspecified atom stereocenters. The molecule has 1 rings (SSSR count). The molecular weight excluding hydrogens is 166 g/mol. The van der Waals surface area contributed by atoms with Crippen LogP contribution < -0.4 is 4.74 Å². The molecule has 0 bridgehead atoms. The first-order valence-electron chi connectivity index (χ1n) is 3.34. The van der Waals surface area contributed by atoms with Crippen molar-refractivity contribution in [3.63, 3.8) is 0 Å². The SMILES string of the molecule is CC(F)(F)Oc1ccccc1O. The summed E-state index contributed by atoms with van der Waals surface area (Å²) in [5.74, 6) is -0.510. The molecule has 0 saturated heterocycles. The minimum atomic E-state index is -3.27. The first-order valence-corrected chi connectivity index (χ1v) is 3.34. The zero-order valence-electron chi connectivity index (χ0n) is 6.42. The summed E-state index contributed by atoms with van der Waals surface area (Å²) in [6, 6.07) is 5.57. The third-order valence-corrected chi connectivity index (χ3v) is 1.15. The standard InChI is InChI=1S/C8H8F2O2/c1-8(9,10)12-7-5-3-2-4-6(7)11/h2-5,11H,1H3. The lowest BCUT2D eigenvalue weighted by Gasteiger charge is -2.13. The molecule has 2 nitrogen and oxygen atoms in total. The molecule has 0 fully saturated rings. The van der Waals surface area contributed by atoms with Crippen LogP contribution in [0.3, 0.4) is 0 Å². The number of hydrogen-bond donors (Lipinski definition) is 1. The van der Waals surface area contributed by atoms with Gasteiger partial charge in [0.1, 0.15) is 0 Å². The molecule has 4 heteroatoms. The van der Waals surface area contributed by atoms with Crippen molar-refractivity contribution in [3.05, 3.63) is 24.3 Å². The number of phenols is 1. The van der Waals surface area contributed by atoms with Gasteiger partial charge in [-0.3, -0.25) is 0 Å². The van der Waals surface area contributed by atoms with Crippen LogP contribution in [0.1, 0.15) is 6.92 Å². The van der Waals surface area contributed by atoms with Crippen LogP contribution in [0.15, 0.2) is 24.3 Å². The zero-order chi connectivity index (χ0) is 9.19. The van der Waals surface area contributed by atoms with E-state index in [4.69, 9.17) is 5.11 Å². The van der Waals surface area contributed by atoms with E-state index < -0.39 is 6.11 Å². The predicted molar refractivity (Wildman–Crippen MR) is 39.4 cm³/mol. The zero-order valence-corrected chi connectivity index (χ0v) is 6.42. The van der Waals surface area contributed by atoms with Crippen LogP contribution in [0.4, 0.5) is 8.78 Å². The maximum Gasteiger partial charge on any atom is 0.395 e. The molecule has 0 atom stereocenters. The van der Waals surface area contributed by atoms with Gasteiger partial charge in [0.15, 0.2) is 11.5 Å². The molecule has 0 radical (unpaired) electrons. The van der Waals surface area contributed by atoms with E-state index in [0.717, 1.165) is 0 Å². The first kappa shape index (κ1) is 8.77. The maximum atomic E-state index is 12.3. The summed E-state index contributed by atoms with van der Waals surface area (Å²) in [7, 11) is 0. The summed E-state index contributed by atoms with van der Waals surface area (Å²) in [6.45, 7) is 0.611. The Balaban J connectivity index is 2.83. The van der Waals surface area contributed by atoms with Crippen LogP contribution in [-0.2, 0) is 0 Å². The van der Waals surface area contributed by atoms with Gasteiger partial charge < -0.3 is 9.84 Å². The molecular formula is C8H8F2O2. The minimum absolute atomic E-state index is 0.218. The highest BCUT2D eigenvalue weighted by Crippen LogP contribution is 2.29. The fourth-order valence-electron chi connectivity index (χ4n) is 0.737. The molecule has 1 aromatic rings. The van der Waals surface area contributed by atoms with Gasteiger partial charge in [0.25, 0.3) is 0 Å². The van der Waals surface area contributed by atoms with E-state index in [9.17, 15) is 8.78 Å². The average molecular weight is 174 g/mol. The van der Waals surface area contributed by atoms with Gasteiger partial charge in [-0.1, -0.05) is 12.1 Å². The minimum Gasteiger partial charge on any atom is -0.504 e. The van der Waals surface area contributed by atoms with Gasteiger partial charge in [-0.25, -0.2) is 0 Å². The Bertz CT molecular complexity index is 268. The molecule has 0 saturated carbocycles. The summed E-state index contributed by atoms with van der Waals surface area (Å²) in [4.78, 5) is 0. The van der Waals surface area contributed by atoms with E-state index in [1.54, 1.807) is 0 Å². The molecule has 0 aliphatic rings. The van der Waals surface area contributed by atoms with E-state index in [1.165, 1.54) is 24.3 Å². The Hall–Kier alpha value is -1.32. The summed E-state index contributed by atoms with van der Waals surface area (Å²) in [5.41, 5.74) is 0. The van der Waals surface area contributed by atoms with E-state index in [0.29, 0.717) is 6.92 Å². The summed E-state index contributed by atoms with van der Waals surface area (Å²) >= 11 is 0. The fraction of sp³-hybridized carbons (Fsp3) is 0.250. The number of benzene rings is 1. The summed E-state index contributed by atoms with van der Waals surface area (Å²) in [6.07, 6.45) is -3.27. The van der Waals surface area contributed by atoms with E-state index in [-0.39, 0.29) is 11.5 Å². The number of alkyl halides is 2. The quantitative estimate of drug-likeness (QED) is 0.745. The van der Waals surface area contributed by atoms with E-state index in [1.807, 2.05) is 0 Å². The molecule has 0 spiro atoms. The largest absolute Gasteiger partial charge is 0.504 e. The molecule has 1 aromatic carbocycles. The van der Waals surface area contributed by atoms with Crippen molar-refractivity contribution in [2.75, 3.05) is 0 Å². The number of rotatable bonds is 2. The van der Waals surface area contributed by atoms with E-state index in [2.05, 4.69) is 4.74 Å². The second kappa shape index (κ2) is 2.97. The van der Waals surface area contributed by atoms with Gasteiger partial charge in [0, 0.05) is 6.92 Å². The van der Waals surface area contributed by atoms with Crippen molar-refractivity contribution in [3.8, 4) is 11.5 Å². The van der Waals surface area contributed by atoms with Crippen molar-refractivity contribution in [2.24, 2.45) is 0 Å². The van der Waals surface area contributed by atoms with Gasteiger partial charge in [-0.05, 0) is 12.1 Å². The Labute approximate surface area is 68.4 Å². The second-order valence-electron chi connectivity index (χ2n) is 2.38. The van der Waals surface area contributed by atoms with Crippen molar-refractivity contribution in [2.45, 2.75) is 13.0 Å². The highest BCUT2D eigenvalue weighted by molar-refractivity contribution is 5.38. The van der Waals surface area contributed by atoms with Gasteiger partial charge in [0.05, 0.1) is 0 Å². The number of para-hydroxylation sites is 2. The topological polar surface area (TPSA) is 29.5 Å². The summed E-state index contributed by atoms with van der Waals surface area (Å²) < 4.78 is 28.7. The molecule has 1 N–H and O–H groups in total. The number of hydrogen-bond acceptors (Lipinski definition) is 2. The van der Waals surface area contributed by atoms with Gasteiger partial charge in [0.2, 0.25) is 0 Å². The van der Waals surface area contributed by atoms with Crippen molar-refractivity contribution in [1.29, 1.82) is 0 Å². The molecule has 12 heavy (non-hydrogen) atoms. The van der Waals surface area contributed by atoms with Gasteiger partial charge in [-0.2, -0.15) is 8.78 Å². The first-order chi connectivity index (χ1) is 5.49. The predicted octanol–water partition coefficient (Wildman–Crippen LogP) is 2.38. The number of ether oxygens (including phenoxy) is 1. The monoisotopic (exact) mass is 174 g/mol. The molecule has 0 aliphatic carbocycles. The third-order valence-electron chi connectivity index (χ3n) is 1.15. The van der Waals surface area contributed by atoms with Gasteiger partial charge in [-0.15, -0.1) is 0 Å². The molecule has 0 aromatic heterocycles. The van der Waals surface area contributed by atoms with Crippen LogP contribution >= 0.6 is 0 Å². The van der Waals surface area contributed by atoms with Crippen molar-refractivity contribution in [1.82, 2.24) is 0 Å². The lowest BCUT2D eigenvalue weighted by Crippen LogP contribution is -2.19. The Morgan fingerprint density at radius 1 is 1.33 bits per heavy atom. The second-order valence-corrected chi connectivity index (χ2v) is 2.38. The molecule has 0 heterocycles. The Morgan fingerprint density at radius 3 is 2.42 bits per heavy atom. The smallest absolute Gasteiger partial charge is 0.395 e. The average Bonchev–Trinajstić information content (AvgIpc) is 1.91. The van der Waals surface area contributed by atoms with Crippen molar-refractivity contribution < 1.29 is 18.6 Å². The Morgan fingerprint density at radius 2 is 1.92 bits per heavy atom. The number of halogens is 2. The fourth-order valence-corrected chi connectivity index (χ4v) is 0.737. The van der Waals surface area contributed by atoms with Crippen LogP contribution in [0.2, 0.25) is 0 Å².